The first kappa shape index (κ1) is 30.9. The normalized spacial score (nSPS) is 23.4. The zero-order valence-electron chi connectivity index (χ0n) is 22.5. The van der Waals surface area contributed by atoms with Gasteiger partial charge >= 0.3 is 12.1 Å². The number of para-hydroxylation sites is 1. The molecule has 2 aromatic rings. The molecule has 11 nitrogen and oxygen atoms in total. The quantitative estimate of drug-likeness (QED) is 0.462. The number of nitrogens with one attached hydrogen (secondary N) is 1. The average Bonchev–Trinajstić information content (AvgIpc) is 3.38. The molecular weight excluding hydrogens is 585 g/mol. The molecule has 2 amide bonds. The van der Waals surface area contributed by atoms with Crippen LogP contribution < -0.4 is 20.5 Å². The Morgan fingerprint density at radius 1 is 1.21 bits per heavy atom. The molecular formula is C27H28ClF3N4O7. The minimum Gasteiger partial charge on any atom is -0.475 e. The maximum absolute atomic E-state index is 13.3. The highest BCUT2D eigenvalue weighted by Crippen LogP contribution is 2.42. The third-order valence-corrected chi connectivity index (χ3v) is 7.31. The van der Waals surface area contributed by atoms with Crippen LogP contribution in [-0.2, 0) is 19.9 Å². The number of carbonyl (C=O) groups is 3. The first-order chi connectivity index (χ1) is 19.7. The fraction of sp³-hybridized carbons (Fsp3) is 0.407. The Bertz CT molecular complexity index is 1420. The largest absolute Gasteiger partial charge is 0.490 e. The lowest BCUT2D eigenvalue weighted by Crippen LogP contribution is -2.56. The Labute approximate surface area is 243 Å². The monoisotopic (exact) mass is 612 g/mol. The third kappa shape index (κ3) is 6.54. The number of carbonyl (C=O) groups excluding carboxylic acids is 2. The number of guanidine groups is 1. The van der Waals surface area contributed by atoms with E-state index < -0.39 is 17.7 Å². The molecule has 2 aromatic carbocycles. The van der Waals surface area contributed by atoms with Gasteiger partial charge in [-0.2, -0.15) is 13.2 Å². The second kappa shape index (κ2) is 12.1. The van der Waals surface area contributed by atoms with Crippen molar-refractivity contribution >= 4 is 41.0 Å². The fourth-order valence-electron chi connectivity index (χ4n) is 4.95. The van der Waals surface area contributed by atoms with Gasteiger partial charge in [-0.3, -0.25) is 14.5 Å². The Balaban J connectivity index is 0.000000517. The van der Waals surface area contributed by atoms with Gasteiger partial charge in [0.15, 0.2) is 17.5 Å². The van der Waals surface area contributed by atoms with Crippen molar-refractivity contribution in [3.8, 4) is 11.5 Å². The van der Waals surface area contributed by atoms with Crippen molar-refractivity contribution in [2.45, 2.75) is 57.0 Å². The number of nitrogens with zero attached hydrogens (tertiary/aromatic N) is 2. The summed E-state index contributed by atoms with van der Waals surface area (Å²) in [5.41, 5.74) is 6.69. The number of nitrogens with two attached hydrogens (primary N) is 1. The highest BCUT2D eigenvalue weighted by molar-refractivity contribution is 6.35. The minimum absolute atomic E-state index is 0.0422. The SMILES string of the molecule is C[C@@H]1C[C@H](N2C(=O)C[C@@](C)(c3cccc(NC(=O)c4cccc5c4OCO5)c3Cl)N=C2N)CCO1.O=C(O)C(F)(F)F. The zero-order chi connectivity index (χ0) is 30.8. The number of carboxylic acid groups (broad SMARTS) is 1. The standard InChI is InChI=1S/C25H27ClN4O5.C2HF3O2/c1-14-11-15(9-10-33-14)30-20(31)12-25(2,29-24(30)27)17-6-4-7-18(21(17)26)28-23(32)16-5-3-8-19-22(16)35-13-34-19;3-2(4,5)1(6)7/h3-8,14-15H,9-13H2,1-2H3,(H2,27,29)(H,28,32);(H,6,7)/t14-,15-,25+;/m1./s1. The van der Waals surface area contributed by atoms with Crippen molar-refractivity contribution in [2.75, 3.05) is 18.7 Å². The number of aliphatic imine (C=N–C) groups is 1. The summed E-state index contributed by atoms with van der Waals surface area (Å²) in [6, 6.07) is 10.3. The number of carboxylic acids is 1. The number of rotatable bonds is 4. The maximum Gasteiger partial charge on any atom is 0.490 e. The van der Waals surface area contributed by atoms with Gasteiger partial charge in [0.2, 0.25) is 12.7 Å². The molecule has 3 heterocycles. The van der Waals surface area contributed by atoms with E-state index in [0.29, 0.717) is 52.8 Å². The molecule has 0 saturated carbocycles. The van der Waals surface area contributed by atoms with Crippen LogP contribution in [0, 0.1) is 0 Å². The molecule has 0 radical (unpaired) electrons. The molecule has 15 heteroatoms. The molecule has 0 spiro atoms. The van der Waals surface area contributed by atoms with E-state index in [2.05, 4.69) is 5.32 Å². The van der Waals surface area contributed by atoms with Gasteiger partial charge in [0.25, 0.3) is 5.91 Å². The lowest BCUT2D eigenvalue weighted by molar-refractivity contribution is -0.192. The topological polar surface area (TPSA) is 153 Å². The van der Waals surface area contributed by atoms with Crippen LogP contribution in [0.15, 0.2) is 41.4 Å². The molecule has 0 unspecified atom stereocenters. The highest BCUT2D eigenvalue weighted by Gasteiger charge is 2.42. The molecule has 1 saturated heterocycles. The van der Waals surface area contributed by atoms with Gasteiger partial charge in [-0.25, -0.2) is 9.79 Å². The van der Waals surface area contributed by atoms with E-state index in [1.165, 1.54) is 0 Å². The van der Waals surface area contributed by atoms with Crippen molar-refractivity contribution < 1.29 is 46.9 Å². The summed E-state index contributed by atoms with van der Waals surface area (Å²) in [6.07, 6.45) is -3.50. The Morgan fingerprint density at radius 3 is 2.55 bits per heavy atom. The van der Waals surface area contributed by atoms with E-state index in [4.69, 9.17) is 46.4 Å². The number of hydrogen-bond donors (Lipinski definition) is 3. The van der Waals surface area contributed by atoms with Gasteiger partial charge in [-0.15, -0.1) is 0 Å². The highest BCUT2D eigenvalue weighted by atomic mass is 35.5. The number of amides is 2. The summed E-state index contributed by atoms with van der Waals surface area (Å²) in [4.78, 5) is 41.5. The van der Waals surface area contributed by atoms with Gasteiger partial charge in [-0.1, -0.05) is 29.8 Å². The number of hydrogen-bond acceptors (Lipinski definition) is 8. The van der Waals surface area contributed by atoms with Gasteiger partial charge < -0.3 is 30.4 Å². The van der Waals surface area contributed by atoms with E-state index in [-0.39, 0.29) is 43.1 Å². The zero-order valence-corrected chi connectivity index (χ0v) is 23.3. The van der Waals surface area contributed by atoms with Crippen molar-refractivity contribution in [3.05, 3.63) is 52.5 Å². The molecule has 3 aliphatic rings. The van der Waals surface area contributed by atoms with Crippen LogP contribution in [0.4, 0.5) is 18.9 Å². The molecule has 42 heavy (non-hydrogen) atoms. The van der Waals surface area contributed by atoms with E-state index in [9.17, 15) is 22.8 Å². The van der Waals surface area contributed by atoms with Crippen molar-refractivity contribution in [1.82, 2.24) is 4.90 Å². The summed E-state index contributed by atoms with van der Waals surface area (Å²) in [5, 5.41) is 10.3. The van der Waals surface area contributed by atoms with Crippen LogP contribution in [0.2, 0.25) is 5.02 Å². The minimum atomic E-state index is -5.08. The van der Waals surface area contributed by atoms with Crippen LogP contribution >= 0.6 is 11.6 Å². The molecule has 0 aliphatic carbocycles. The molecule has 0 aromatic heterocycles. The number of fused-ring (bicyclic) bond motifs is 1. The van der Waals surface area contributed by atoms with Crippen molar-refractivity contribution in [2.24, 2.45) is 10.7 Å². The van der Waals surface area contributed by atoms with Crippen LogP contribution in [0.3, 0.4) is 0 Å². The first-order valence-corrected chi connectivity index (χ1v) is 13.2. The van der Waals surface area contributed by atoms with Crippen LogP contribution in [0.25, 0.3) is 0 Å². The first-order valence-electron chi connectivity index (χ1n) is 12.8. The number of anilines is 1. The van der Waals surface area contributed by atoms with Crippen molar-refractivity contribution in [3.63, 3.8) is 0 Å². The molecule has 226 valence electrons. The predicted octanol–water partition coefficient (Wildman–Crippen LogP) is 4.28. The molecule has 3 aliphatic heterocycles. The maximum atomic E-state index is 13.3. The van der Waals surface area contributed by atoms with Crippen LogP contribution in [0.1, 0.15) is 49.0 Å². The molecule has 5 rings (SSSR count). The van der Waals surface area contributed by atoms with Crippen LogP contribution in [0.5, 0.6) is 11.5 Å². The van der Waals surface area contributed by atoms with Crippen molar-refractivity contribution in [1.29, 1.82) is 0 Å². The summed E-state index contributed by atoms with van der Waals surface area (Å²) in [5.74, 6) is -2.18. The average molecular weight is 613 g/mol. The van der Waals surface area contributed by atoms with E-state index in [0.717, 1.165) is 0 Å². The molecule has 0 bridgehead atoms. The smallest absolute Gasteiger partial charge is 0.475 e. The summed E-state index contributed by atoms with van der Waals surface area (Å²) in [7, 11) is 0. The van der Waals surface area contributed by atoms with Gasteiger partial charge in [0, 0.05) is 18.2 Å². The number of alkyl halides is 3. The Hall–Kier alpha value is -4.04. The number of ether oxygens (including phenoxy) is 3. The second-order valence-corrected chi connectivity index (χ2v) is 10.4. The number of benzene rings is 2. The summed E-state index contributed by atoms with van der Waals surface area (Å²) < 4.78 is 48.1. The van der Waals surface area contributed by atoms with E-state index in [1.54, 1.807) is 41.3 Å². The third-order valence-electron chi connectivity index (χ3n) is 6.91. The van der Waals surface area contributed by atoms with E-state index >= 15 is 0 Å². The molecule has 1 fully saturated rings. The lowest BCUT2D eigenvalue weighted by Gasteiger charge is -2.41. The number of aliphatic carboxylic acids is 1. The van der Waals surface area contributed by atoms with Gasteiger partial charge in [-0.05, 0) is 44.9 Å². The number of halogens is 4. The van der Waals surface area contributed by atoms with Gasteiger partial charge in [0.05, 0.1) is 34.3 Å². The van der Waals surface area contributed by atoms with Gasteiger partial charge in [0.1, 0.15) is 0 Å². The summed E-state index contributed by atoms with van der Waals surface area (Å²) >= 11 is 6.76. The lowest BCUT2D eigenvalue weighted by atomic mass is 9.86. The molecule has 3 atom stereocenters. The second-order valence-electron chi connectivity index (χ2n) is 10.0. The Kier molecular flexibility index (Phi) is 8.87. The fourth-order valence-corrected chi connectivity index (χ4v) is 5.33. The molecule has 4 N–H and O–H groups in total. The summed E-state index contributed by atoms with van der Waals surface area (Å²) in [6.45, 7) is 4.45. The van der Waals surface area contributed by atoms with E-state index in [1.807, 2.05) is 13.8 Å². The predicted molar refractivity (Wildman–Crippen MR) is 145 cm³/mol. The van der Waals surface area contributed by atoms with Crippen LogP contribution in [-0.4, -0.2) is 65.5 Å². The Morgan fingerprint density at radius 2 is 1.90 bits per heavy atom.